The molecule has 3 heterocycles. The van der Waals surface area contributed by atoms with Crippen molar-refractivity contribution in [2.24, 2.45) is 5.16 Å². The van der Waals surface area contributed by atoms with Crippen molar-refractivity contribution in [2.45, 2.75) is 50.0 Å². The fourth-order valence-corrected chi connectivity index (χ4v) is 5.45. The highest BCUT2D eigenvalue weighted by Gasteiger charge is 2.36. The number of nitrogens with one attached hydrogen (secondary N) is 1. The van der Waals surface area contributed by atoms with Crippen LogP contribution in [0.5, 0.6) is 0 Å². The Hall–Kier alpha value is -3.49. The number of ether oxygens (including phenoxy) is 2. The van der Waals surface area contributed by atoms with Crippen LogP contribution in [0.25, 0.3) is 0 Å². The largest absolute Gasteiger partial charge is 0.389 e. The molecule has 222 valence electrons. The number of hydrogen-bond acceptors (Lipinski definition) is 10. The molecule has 1 amide bonds. The van der Waals surface area contributed by atoms with Gasteiger partial charge in [-0.25, -0.2) is 14.4 Å². The minimum Gasteiger partial charge on any atom is -0.389 e. The molecular formula is C28H28ClFN4O7S. The molecule has 2 aromatic carbocycles. The Balaban J connectivity index is 1.12. The standard InChI is InChI=1S/C28H28ClFN4O7S/c1-16-3-6-20(7-4-16)42(36,37)40-14-19-13-39-27(15-38-19)26-11-24(34-41-26)23-10-25(33-17(2)32-23)28(35)31-12-18-5-8-22(30)21(29)9-18/h3-10,19,26-27H,11-15H2,1-2H3,(H,31,35)/t19-,26-,27+/m0/s1. The minimum atomic E-state index is -3.92. The molecule has 1 aromatic heterocycles. The van der Waals surface area contributed by atoms with Crippen LogP contribution in [0.2, 0.25) is 5.02 Å². The van der Waals surface area contributed by atoms with E-state index < -0.39 is 40.2 Å². The van der Waals surface area contributed by atoms with Crippen LogP contribution in [0.3, 0.4) is 0 Å². The molecule has 5 rings (SSSR count). The maximum atomic E-state index is 13.4. The van der Waals surface area contributed by atoms with Crippen LogP contribution in [0, 0.1) is 19.7 Å². The van der Waals surface area contributed by atoms with Gasteiger partial charge >= 0.3 is 0 Å². The summed E-state index contributed by atoms with van der Waals surface area (Å²) in [6.45, 7) is 3.73. The minimum absolute atomic E-state index is 0.0297. The van der Waals surface area contributed by atoms with Crippen molar-refractivity contribution in [1.82, 2.24) is 15.3 Å². The van der Waals surface area contributed by atoms with Gasteiger partial charge in [0.25, 0.3) is 16.0 Å². The first-order valence-electron chi connectivity index (χ1n) is 13.1. The zero-order valence-electron chi connectivity index (χ0n) is 22.7. The number of carbonyl (C=O) groups excluding carboxylic acids is 1. The third-order valence-electron chi connectivity index (χ3n) is 6.62. The van der Waals surface area contributed by atoms with Crippen LogP contribution in [0.1, 0.15) is 39.6 Å². The van der Waals surface area contributed by atoms with E-state index >= 15 is 0 Å². The number of nitrogens with zero attached hydrogens (tertiary/aromatic N) is 3. The summed E-state index contributed by atoms with van der Waals surface area (Å²) in [6, 6.07) is 12.1. The first-order chi connectivity index (χ1) is 20.1. The van der Waals surface area contributed by atoms with E-state index in [-0.39, 0.29) is 42.0 Å². The van der Waals surface area contributed by atoms with Gasteiger partial charge in [0.1, 0.15) is 35.3 Å². The molecule has 0 aliphatic carbocycles. The normalized spacial score (nSPS) is 20.6. The summed E-state index contributed by atoms with van der Waals surface area (Å²) in [5.41, 5.74) is 2.66. The quantitative estimate of drug-likeness (QED) is 0.357. The lowest BCUT2D eigenvalue weighted by Crippen LogP contribution is -2.44. The summed E-state index contributed by atoms with van der Waals surface area (Å²) in [4.78, 5) is 27.1. The summed E-state index contributed by atoms with van der Waals surface area (Å²) >= 11 is 5.81. The van der Waals surface area contributed by atoms with E-state index in [2.05, 4.69) is 20.4 Å². The Morgan fingerprint density at radius 1 is 1.07 bits per heavy atom. The average molecular weight is 619 g/mol. The van der Waals surface area contributed by atoms with Gasteiger partial charge in [0.05, 0.1) is 35.4 Å². The molecule has 3 atom stereocenters. The van der Waals surface area contributed by atoms with E-state index in [9.17, 15) is 17.6 Å². The van der Waals surface area contributed by atoms with Gasteiger partial charge in [-0.1, -0.05) is 40.5 Å². The molecule has 1 saturated heterocycles. The van der Waals surface area contributed by atoms with Gasteiger partial charge in [0, 0.05) is 13.0 Å². The molecule has 0 bridgehead atoms. The molecule has 0 saturated carbocycles. The average Bonchev–Trinajstić information content (AvgIpc) is 3.47. The van der Waals surface area contributed by atoms with Crippen molar-refractivity contribution in [3.8, 4) is 0 Å². The summed E-state index contributed by atoms with van der Waals surface area (Å²) in [7, 11) is -3.92. The van der Waals surface area contributed by atoms with Crippen molar-refractivity contribution < 1.29 is 36.1 Å². The lowest BCUT2D eigenvalue weighted by atomic mass is 10.0. The zero-order valence-corrected chi connectivity index (χ0v) is 24.3. The van der Waals surface area contributed by atoms with Gasteiger partial charge < -0.3 is 19.6 Å². The molecule has 1 fully saturated rings. The number of rotatable bonds is 9. The summed E-state index contributed by atoms with van der Waals surface area (Å²) in [6.07, 6.45) is -1.14. The third-order valence-corrected chi connectivity index (χ3v) is 8.21. The highest BCUT2D eigenvalue weighted by molar-refractivity contribution is 7.86. The molecule has 42 heavy (non-hydrogen) atoms. The van der Waals surface area contributed by atoms with Crippen LogP contribution < -0.4 is 5.32 Å². The zero-order chi connectivity index (χ0) is 29.9. The Morgan fingerprint density at radius 3 is 2.57 bits per heavy atom. The fraction of sp³-hybridized carbons (Fsp3) is 0.357. The van der Waals surface area contributed by atoms with Crippen LogP contribution >= 0.6 is 11.6 Å². The molecule has 11 nitrogen and oxygen atoms in total. The summed E-state index contributed by atoms with van der Waals surface area (Å²) < 4.78 is 55.1. The topological polar surface area (TPSA) is 138 Å². The van der Waals surface area contributed by atoms with Gasteiger partial charge in [0.15, 0.2) is 6.10 Å². The van der Waals surface area contributed by atoms with Crippen molar-refractivity contribution in [1.29, 1.82) is 0 Å². The number of halogens is 2. The molecule has 0 radical (unpaired) electrons. The predicted molar refractivity (Wildman–Crippen MR) is 149 cm³/mol. The van der Waals surface area contributed by atoms with Crippen LogP contribution in [0.4, 0.5) is 4.39 Å². The van der Waals surface area contributed by atoms with Gasteiger partial charge in [0.2, 0.25) is 0 Å². The molecule has 1 N–H and O–H groups in total. The van der Waals surface area contributed by atoms with Crippen LogP contribution in [-0.2, 0) is 35.2 Å². The Kier molecular flexibility index (Phi) is 9.13. The Labute approximate surface area is 247 Å². The van der Waals surface area contributed by atoms with Crippen molar-refractivity contribution in [3.63, 3.8) is 0 Å². The van der Waals surface area contributed by atoms with Crippen molar-refractivity contribution in [3.05, 3.63) is 87.7 Å². The molecule has 14 heteroatoms. The smallest absolute Gasteiger partial charge is 0.297 e. The van der Waals surface area contributed by atoms with E-state index in [1.807, 2.05) is 6.92 Å². The Morgan fingerprint density at radius 2 is 1.86 bits per heavy atom. The van der Waals surface area contributed by atoms with Crippen LogP contribution in [0.15, 0.2) is 58.6 Å². The summed E-state index contributed by atoms with van der Waals surface area (Å²) in [5.74, 6) is -0.613. The lowest BCUT2D eigenvalue weighted by molar-refractivity contribution is -0.176. The molecular weight excluding hydrogens is 591 g/mol. The molecule has 3 aromatic rings. The monoisotopic (exact) mass is 618 g/mol. The van der Waals surface area contributed by atoms with E-state index in [0.717, 1.165) is 5.56 Å². The molecule has 0 spiro atoms. The first kappa shape index (κ1) is 30.0. The highest BCUT2D eigenvalue weighted by Crippen LogP contribution is 2.24. The van der Waals surface area contributed by atoms with Crippen molar-refractivity contribution >= 4 is 33.3 Å². The molecule has 0 unspecified atom stereocenters. The maximum Gasteiger partial charge on any atom is 0.297 e. The molecule has 2 aliphatic rings. The lowest BCUT2D eigenvalue weighted by Gasteiger charge is -2.31. The second-order valence-electron chi connectivity index (χ2n) is 9.88. The second kappa shape index (κ2) is 12.8. The highest BCUT2D eigenvalue weighted by atomic mass is 35.5. The first-order valence-corrected chi connectivity index (χ1v) is 14.9. The summed E-state index contributed by atoms with van der Waals surface area (Å²) in [5, 5.41) is 6.85. The van der Waals surface area contributed by atoms with Crippen molar-refractivity contribution in [2.75, 3.05) is 19.8 Å². The Bertz CT molecular complexity index is 1600. The van der Waals surface area contributed by atoms with E-state index in [1.54, 1.807) is 19.1 Å². The third kappa shape index (κ3) is 7.28. The van der Waals surface area contributed by atoms with E-state index in [4.69, 9.17) is 30.1 Å². The molecule has 2 aliphatic heterocycles. The van der Waals surface area contributed by atoms with Gasteiger partial charge in [-0.3, -0.25) is 8.98 Å². The fourth-order valence-electron chi connectivity index (χ4n) is 4.31. The number of aryl methyl sites for hydroxylation is 2. The number of benzene rings is 2. The number of hydrogen-bond donors (Lipinski definition) is 1. The predicted octanol–water partition coefficient (Wildman–Crippen LogP) is 3.50. The van der Waals surface area contributed by atoms with Gasteiger partial charge in [-0.2, -0.15) is 8.42 Å². The van der Waals surface area contributed by atoms with Crippen LogP contribution in [-0.4, -0.2) is 68.1 Å². The van der Waals surface area contributed by atoms with Gasteiger partial charge in [-0.05, 0) is 49.7 Å². The number of aromatic nitrogens is 2. The number of oxime groups is 1. The maximum absolute atomic E-state index is 13.4. The number of amides is 1. The van der Waals surface area contributed by atoms with Gasteiger partial charge in [-0.15, -0.1) is 0 Å². The van der Waals surface area contributed by atoms with E-state index in [1.165, 1.54) is 36.4 Å². The van der Waals surface area contributed by atoms with E-state index in [0.29, 0.717) is 29.2 Å². The number of carbonyl (C=O) groups is 1. The second-order valence-corrected chi connectivity index (χ2v) is 11.9. The SMILES string of the molecule is Cc1ccc(S(=O)(=O)OC[C@@H]2CO[C@@H]([C@@H]3CC(c4cc(C(=O)NCc5ccc(F)c(Cl)c5)nc(C)n4)=NO3)CO2)cc1.